The highest BCUT2D eigenvalue weighted by Crippen LogP contribution is 2.39. The molecular formula is C29H18BrF8NO. The molecule has 0 saturated heterocycles. The smallest absolute Gasteiger partial charge is 0.338 e. The van der Waals surface area contributed by atoms with Crippen LogP contribution in [0.4, 0.5) is 35.1 Å². The van der Waals surface area contributed by atoms with Crippen LogP contribution in [0.3, 0.4) is 0 Å². The summed E-state index contributed by atoms with van der Waals surface area (Å²) >= 11 is 3.27. The van der Waals surface area contributed by atoms with Crippen molar-refractivity contribution in [2.45, 2.75) is 24.3 Å². The standard InChI is InChI=1S/C29H18BrF8NO/c30-22-9-7-19(8-10-22)27(16-17-4-2-1-3-5-17,20-13-21(28(33,34)35)15-23(31)14-20)39-26(40)18-6-11-25(32)24(12-18)29(36,37)38/h1-15H,16H2,(H,39,40)/t27-/m0/s1. The molecule has 40 heavy (non-hydrogen) atoms. The number of halogens is 9. The summed E-state index contributed by atoms with van der Waals surface area (Å²) in [4.78, 5) is 13.5. The van der Waals surface area contributed by atoms with E-state index in [-0.39, 0.29) is 17.5 Å². The van der Waals surface area contributed by atoms with Gasteiger partial charge in [0.25, 0.3) is 5.91 Å². The zero-order chi connectivity index (χ0) is 29.3. The maximum absolute atomic E-state index is 14.7. The zero-order valence-corrected chi connectivity index (χ0v) is 21.8. The van der Waals surface area contributed by atoms with Crippen molar-refractivity contribution in [1.82, 2.24) is 5.32 Å². The molecule has 0 aliphatic heterocycles. The number of hydrogen-bond acceptors (Lipinski definition) is 1. The first kappa shape index (κ1) is 29.3. The van der Waals surface area contributed by atoms with Crippen molar-refractivity contribution >= 4 is 21.8 Å². The number of hydrogen-bond donors (Lipinski definition) is 1. The molecule has 0 radical (unpaired) electrons. The van der Waals surface area contributed by atoms with Crippen molar-refractivity contribution in [3.05, 3.63) is 140 Å². The van der Waals surface area contributed by atoms with Crippen molar-refractivity contribution in [2.75, 3.05) is 0 Å². The molecule has 1 atom stereocenters. The van der Waals surface area contributed by atoms with E-state index in [0.29, 0.717) is 34.3 Å². The van der Waals surface area contributed by atoms with Gasteiger partial charge in [0.15, 0.2) is 0 Å². The highest BCUT2D eigenvalue weighted by Gasteiger charge is 2.41. The number of carbonyl (C=O) groups is 1. The monoisotopic (exact) mass is 627 g/mol. The summed E-state index contributed by atoms with van der Waals surface area (Å²) in [6.07, 6.45) is -10.3. The summed E-state index contributed by atoms with van der Waals surface area (Å²) in [5.74, 6) is -4.00. The average Bonchev–Trinajstić information content (AvgIpc) is 2.88. The maximum Gasteiger partial charge on any atom is 0.419 e. The van der Waals surface area contributed by atoms with Gasteiger partial charge in [0.1, 0.15) is 11.6 Å². The lowest BCUT2D eigenvalue weighted by Gasteiger charge is -2.37. The second-order valence-electron chi connectivity index (χ2n) is 8.95. The summed E-state index contributed by atoms with van der Waals surface area (Å²) in [5, 5.41) is 2.57. The lowest BCUT2D eigenvalue weighted by molar-refractivity contribution is -0.140. The predicted molar refractivity (Wildman–Crippen MR) is 135 cm³/mol. The van der Waals surface area contributed by atoms with Crippen molar-refractivity contribution < 1.29 is 39.9 Å². The molecule has 4 rings (SSSR count). The molecule has 0 bridgehead atoms. The molecule has 0 aliphatic carbocycles. The molecule has 0 saturated carbocycles. The Hall–Kier alpha value is -3.73. The van der Waals surface area contributed by atoms with E-state index < -0.39 is 52.1 Å². The number of alkyl halides is 6. The number of rotatable bonds is 6. The van der Waals surface area contributed by atoms with Gasteiger partial charge in [0.2, 0.25) is 0 Å². The van der Waals surface area contributed by atoms with Crippen LogP contribution in [-0.4, -0.2) is 5.91 Å². The highest BCUT2D eigenvalue weighted by atomic mass is 79.9. The molecule has 0 aromatic heterocycles. The quantitative estimate of drug-likeness (QED) is 0.213. The van der Waals surface area contributed by atoms with Crippen LogP contribution >= 0.6 is 15.9 Å². The summed E-state index contributed by atoms with van der Waals surface area (Å²) in [5.41, 5.74) is -5.11. The maximum atomic E-state index is 14.7. The molecule has 11 heteroatoms. The van der Waals surface area contributed by atoms with Crippen LogP contribution in [0.5, 0.6) is 0 Å². The van der Waals surface area contributed by atoms with Crippen LogP contribution in [0, 0.1) is 11.6 Å². The molecule has 0 fully saturated rings. The van der Waals surface area contributed by atoms with Gasteiger partial charge in [0.05, 0.1) is 16.7 Å². The van der Waals surface area contributed by atoms with Crippen molar-refractivity contribution in [3.8, 4) is 0 Å². The Bertz CT molecular complexity index is 1520. The minimum Gasteiger partial charge on any atom is -0.338 e. The fourth-order valence-electron chi connectivity index (χ4n) is 4.35. The zero-order valence-electron chi connectivity index (χ0n) is 20.2. The molecule has 0 aliphatic rings. The predicted octanol–water partition coefficient (Wildman–Crippen LogP) is 8.68. The molecule has 0 heterocycles. The van der Waals surface area contributed by atoms with Crippen LogP contribution in [0.25, 0.3) is 0 Å². The average molecular weight is 628 g/mol. The molecule has 1 amide bonds. The Morgan fingerprint density at radius 1 is 0.700 bits per heavy atom. The van der Waals surface area contributed by atoms with Crippen LogP contribution in [-0.2, 0) is 24.3 Å². The fourth-order valence-corrected chi connectivity index (χ4v) is 4.61. The van der Waals surface area contributed by atoms with Crippen molar-refractivity contribution in [1.29, 1.82) is 0 Å². The van der Waals surface area contributed by atoms with Gasteiger partial charge in [-0.1, -0.05) is 58.4 Å². The first-order valence-corrected chi connectivity index (χ1v) is 12.4. The van der Waals surface area contributed by atoms with E-state index in [9.17, 15) is 39.9 Å². The second-order valence-corrected chi connectivity index (χ2v) is 9.86. The summed E-state index contributed by atoms with van der Waals surface area (Å²) < 4.78 is 111. The molecule has 4 aromatic rings. The highest BCUT2D eigenvalue weighted by molar-refractivity contribution is 9.10. The largest absolute Gasteiger partial charge is 0.419 e. The van der Waals surface area contributed by atoms with E-state index in [1.165, 1.54) is 12.1 Å². The normalized spacial score (nSPS) is 13.5. The minimum absolute atomic E-state index is 0.213. The van der Waals surface area contributed by atoms with Gasteiger partial charge in [-0.05, 0) is 65.2 Å². The Kier molecular flexibility index (Phi) is 8.07. The molecule has 2 nitrogen and oxygen atoms in total. The van der Waals surface area contributed by atoms with E-state index in [1.54, 1.807) is 42.5 Å². The van der Waals surface area contributed by atoms with Crippen LogP contribution in [0.2, 0.25) is 0 Å². The van der Waals surface area contributed by atoms with Gasteiger partial charge in [-0.25, -0.2) is 8.78 Å². The van der Waals surface area contributed by atoms with Gasteiger partial charge in [-0.3, -0.25) is 4.79 Å². The molecule has 1 N–H and O–H groups in total. The molecule has 208 valence electrons. The minimum atomic E-state index is -5.11. The summed E-state index contributed by atoms with van der Waals surface area (Å²) in [6.45, 7) is 0. The first-order chi connectivity index (χ1) is 18.7. The van der Waals surface area contributed by atoms with E-state index in [1.807, 2.05) is 0 Å². The molecule has 0 spiro atoms. The summed E-state index contributed by atoms with van der Waals surface area (Å²) in [6, 6.07) is 17.7. The van der Waals surface area contributed by atoms with Crippen molar-refractivity contribution in [3.63, 3.8) is 0 Å². The van der Waals surface area contributed by atoms with Gasteiger partial charge >= 0.3 is 12.4 Å². The Balaban J connectivity index is 1.98. The Morgan fingerprint density at radius 3 is 1.93 bits per heavy atom. The number of benzene rings is 4. The topological polar surface area (TPSA) is 29.1 Å². The van der Waals surface area contributed by atoms with E-state index in [2.05, 4.69) is 21.2 Å². The van der Waals surface area contributed by atoms with Crippen LogP contribution < -0.4 is 5.32 Å². The van der Waals surface area contributed by atoms with Gasteiger partial charge in [0, 0.05) is 16.5 Å². The van der Waals surface area contributed by atoms with Crippen molar-refractivity contribution in [2.24, 2.45) is 0 Å². The van der Waals surface area contributed by atoms with E-state index in [4.69, 9.17) is 0 Å². The third kappa shape index (κ3) is 6.35. The lowest BCUT2D eigenvalue weighted by Crippen LogP contribution is -2.49. The first-order valence-electron chi connectivity index (χ1n) is 11.6. The number of amides is 1. The Morgan fingerprint density at radius 2 is 1.32 bits per heavy atom. The third-order valence-corrected chi connectivity index (χ3v) is 6.76. The van der Waals surface area contributed by atoms with Gasteiger partial charge < -0.3 is 5.32 Å². The van der Waals surface area contributed by atoms with Gasteiger partial charge in [-0.15, -0.1) is 0 Å². The molecule has 4 aromatic carbocycles. The lowest BCUT2D eigenvalue weighted by atomic mass is 9.77. The third-order valence-electron chi connectivity index (χ3n) is 6.23. The van der Waals surface area contributed by atoms with Gasteiger partial charge in [-0.2, -0.15) is 26.3 Å². The number of carbonyl (C=O) groups excluding carboxylic acids is 1. The molecular weight excluding hydrogens is 610 g/mol. The fraction of sp³-hybridized carbons (Fsp3) is 0.138. The van der Waals surface area contributed by atoms with Crippen LogP contribution in [0.1, 0.15) is 38.2 Å². The number of nitrogens with one attached hydrogen (secondary N) is 1. The molecule has 0 unspecified atom stereocenters. The van der Waals surface area contributed by atoms with E-state index >= 15 is 0 Å². The summed E-state index contributed by atoms with van der Waals surface area (Å²) in [7, 11) is 0. The second kappa shape index (κ2) is 11.0. The SMILES string of the molecule is O=C(N[C@@](Cc1ccccc1)(c1ccc(Br)cc1)c1cc(F)cc(C(F)(F)F)c1)c1ccc(F)c(C(F)(F)F)c1. The van der Waals surface area contributed by atoms with Crippen LogP contribution in [0.15, 0.2) is 95.5 Å². The Labute approximate surface area is 231 Å². The van der Waals surface area contributed by atoms with E-state index in [0.717, 1.165) is 12.1 Å².